The molecule has 5 rings (SSSR count). The fraction of sp³-hybridized carbons (Fsp3) is 0.261. The van der Waals surface area contributed by atoms with E-state index in [0.717, 1.165) is 42.1 Å². The van der Waals surface area contributed by atoms with Gasteiger partial charge in [-0.25, -0.2) is 16.8 Å². The molecule has 31 heavy (non-hydrogen) atoms. The quantitative estimate of drug-likeness (QED) is 0.465. The molecule has 4 aromatic rings. The number of nitrogens with zero attached hydrogens (tertiary/aromatic N) is 3. The predicted molar refractivity (Wildman–Crippen MR) is 116 cm³/mol. The van der Waals surface area contributed by atoms with Gasteiger partial charge in [0.2, 0.25) is 0 Å². The average molecular weight is 440 g/mol. The van der Waals surface area contributed by atoms with Crippen LogP contribution < -0.4 is 0 Å². The Hall–Kier alpha value is -2.97. The highest BCUT2D eigenvalue weighted by Gasteiger charge is 2.23. The van der Waals surface area contributed by atoms with E-state index in [2.05, 4.69) is 5.10 Å². The van der Waals surface area contributed by atoms with E-state index in [0.29, 0.717) is 22.4 Å². The van der Waals surface area contributed by atoms with Crippen LogP contribution in [-0.2, 0) is 21.3 Å². The van der Waals surface area contributed by atoms with Crippen LogP contribution in [0.25, 0.3) is 22.0 Å². The SMILES string of the molecule is O=S(=O)(c1ccccc1)n1cc(-c2cnn(CC3CCOCC3)c2)c2ccc(F)cc21. The van der Waals surface area contributed by atoms with Crippen LogP contribution in [0.2, 0.25) is 0 Å². The summed E-state index contributed by atoms with van der Waals surface area (Å²) in [5, 5.41) is 5.14. The summed E-state index contributed by atoms with van der Waals surface area (Å²) in [5.41, 5.74) is 1.80. The molecule has 0 spiro atoms. The zero-order chi connectivity index (χ0) is 21.4. The van der Waals surface area contributed by atoms with Crippen molar-refractivity contribution >= 4 is 20.9 Å². The maximum absolute atomic E-state index is 14.0. The van der Waals surface area contributed by atoms with Gasteiger partial charge < -0.3 is 4.74 Å². The highest BCUT2D eigenvalue weighted by molar-refractivity contribution is 7.90. The monoisotopic (exact) mass is 439 g/mol. The number of rotatable bonds is 5. The minimum Gasteiger partial charge on any atom is -0.381 e. The summed E-state index contributed by atoms with van der Waals surface area (Å²) >= 11 is 0. The minimum atomic E-state index is -3.88. The zero-order valence-corrected chi connectivity index (χ0v) is 17.6. The lowest BCUT2D eigenvalue weighted by Gasteiger charge is -2.21. The molecule has 8 heteroatoms. The van der Waals surface area contributed by atoms with Crippen LogP contribution in [0.4, 0.5) is 4.39 Å². The van der Waals surface area contributed by atoms with Crippen LogP contribution in [0, 0.1) is 11.7 Å². The lowest BCUT2D eigenvalue weighted by Crippen LogP contribution is -2.20. The first-order chi connectivity index (χ1) is 15.0. The topological polar surface area (TPSA) is 66.1 Å². The van der Waals surface area contributed by atoms with Crippen molar-refractivity contribution in [1.82, 2.24) is 13.8 Å². The third-order valence-corrected chi connectivity index (χ3v) is 7.45. The number of ether oxygens (including phenoxy) is 1. The van der Waals surface area contributed by atoms with E-state index in [9.17, 15) is 12.8 Å². The molecule has 0 saturated carbocycles. The van der Waals surface area contributed by atoms with Gasteiger partial charge in [-0.3, -0.25) is 4.68 Å². The Labute approximate surface area is 179 Å². The van der Waals surface area contributed by atoms with Gasteiger partial charge in [0.05, 0.1) is 16.6 Å². The van der Waals surface area contributed by atoms with E-state index < -0.39 is 15.8 Å². The molecule has 2 aromatic heterocycles. The van der Waals surface area contributed by atoms with Crippen LogP contribution in [0.5, 0.6) is 0 Å². The summed E-state index contributed by atoms with van der Waals surface area (Å²) in [4.78, 5) is 0.151. The number of aromatic nitrogens is 3. The first-order valence-corrected chi connectivity index (χ1v) is 11.7. The summed E-state index contributed by atoms with van der Waals surface area (Å²) < 4.78 is 49.1. The van der Waals surface area contributed by atoms with Gasteiger partial charge in [0.1, 0.15) is 5.82 Å². The highest BCUT2D eigenvalue weighted by atomic mass is 32.2. The average Bonchev–Trinajstić information content (AvgIpc) is 3.39. The minimum absolute atomic E-state index is 0.151. The fourth-order valence-electron chi connectivity index (χ4n) is 4.10. The van der Waals surface area contributed by atoms with Crippen molar-refractivity contribution in [1.29, 1.82) is 0 Å². The summed E-state index contributed by atoms with van der Waals surface area (Å²) in [5.74, 6) is 0.0206. The first kappa shape index (κ1) is 20.0. The Kier molecular flexibility index (Phi) is 5.11. The smallest absolute Gasteiger partial charge is 0.268 e. The largest absolute Gasteiger partial charge is 0.381 e. The molecule has 0 amide bonds. The second-order valence-electron chi connectivity index (χ2n) is 7.82. The lowest BCUT2D eigenvalue weighted by molar-refractivity contribution is 0.0601. The van der Waals surface area contributed by atoms with Gasteiger partial charge in [0.15, 0.2) is 0 Å². The molecule has 3 heterocycles. The van der Waals surface area contributed by atoms with E-state index in [1.165, 1.54) is 24.3 Å². The third-order valence-electron chi connectivity index (χ3n) is 5.76. The molecule has 0 N–H and O–H groups in total. The number of fused-ring (bicyclic) bond motifs is 1. The van der Waals surface area contributed by atoms with Gasteiger partial charge in [-0.15, -0.1) is 0 Å². The maximum atomic E-state index is 14.0. The maximum Gasteiger partial charge on any atom is 0.268 e. The van der Waals surface area contributed by atoms with Gasteiger partial charge in [0.25, 0.3) is 10.0 Å². The zero-order valence-electron chi connectivity index (χ0n) is 16.8. The molecule has 1 saturated heterocycles. The molecular weight excluding hydrogens is 417 g/mol. The third kappa shape index (κ3) is 3.77. The second kappa shape index (κ2) is 7.94. The van der Waals surface area contributed by atoms with Crippen molar-refractivity contribution < 1.29 is 17.5 Å². The molecule has 1 fully saturated rings. The Balaban J connectivity index is 1.58. The normalized spacial score (nSPS) is 15.5. The summed E-state index contributed by atoms with van der Waals surface area (Å²) in [6.07, 6.45) is 7.22. The summed E-state index contributed by atoms with van der Waals surface area (Å²) in [6.45, 7) is 2.34. The van der Waals surface area contributed by atoms with E-state index in [1.54, 1.807) is 36.7 Å². The Bertz CT molecular complexity index is 1320. The predicted octanol–water partition coefficient (Wildman–Crippen LogP) is 4.31. The number of halogens is 1. The molecule has 0 unspecified atom stereocenters. The van der Waals surface area contributed by atoms with Gasteiger partial charge >= 0.3 is 0 Å². The Morgan fingerprint density at radius 2 is 1.84 bits per heavy atom. The molecule has 6 nitrogen and oxygen atoms in total. The molecule has 1 aliphatic heterocycles. The van der Waals surface area contributed by atoms with E-state index in [4.69, 9.17) is 4.74 Å². The molecule has 0 atom stereocenters. The van der Waals surface area contributed by atoms with Crippen molar-refractivity contribution in [2.75, 3.05) is 13.2 Å². The van der Waals surface area contributed by atoms with Crippen molar-refractivity contribution in [3.8, 4) is 11.1 Å². The van der Waals surface area contributed by atoms with Crippen LogP contribution in [-0.4, -0.2) is 35.4 Å². The number of hydrogen-bond donors (Lipinski definition) is 0. The van der Waals surface area contributed by atoms with Crippen molar-refractivity contribution in [2.24, 2.45) is 5.92 Å². The molecule has 2 aromatic carbocycles. The van der Waals surface area contributed by atoms with Gasteiger partial charge in [0, 0.05) is 48.7 Å². The Morgan fingerprint density at radius 3 is 2.61 bits per heavy atom. The van der Waals surface area contributed by atoms with Gasteiger partial charge in [-0.1, -0.05) is 18.2 Å². The number of benzene rings is 2. The fourth-order valence-corrected chi connectivity index (χ4v) is 5.48. The van der Waals surface area contributed by atoms with Gasteiger partial charge in [-0.2, -0.15) is 5.10 Å². The Morgan fingerprint density at radius 1 is 1.06 bits per heavy atom. The van der Waals surface area contributed by atoms with E-state index in [-0.39, 0.29) is 4.90 Å². The molecule has 0 aliphatic carbocycles. The van der Waals surface area contributed by atoms with E-state index in [1.807, 2.05) is 10.9 Å². The number of hydrogen-bond acceptors (Lipinski definition) is 4. The molecule has 1 aliphatic rings. The molecular formula is C23H22FN3O3S. The first-order valence-electron chi connectivity index (χ1n) is 10.2. The van der Waals surface area contributed by atoms with Crippen LogP contribution in [0.15, 0.2) is 72.0 Å². The van der Waals surface area contributed by atoms with Crippen LogP contribution in [0.3, 0.4) is 0 Å². The second-order valence-corrected chi connectivity index (χ2v) is 9.64. The van der Waals surface area contributed by atoms with Gasteiger partial charge in [-0.05, 0) is 49.1 Å². The van der Waals surface area contributed by atoms with E-state index >= 15 is 0 Å². The standard InChI is InChI=1S/C23H22FN3O3S/c24-19-6-7-21-22(18-13-25-26(15-18)14-17-8-10-30-11-9-17)16-27(23(21)12-19)31(28,29)20-4-2-1-3-5-20/h1-7,12-13,15-17H,8-11,14H2. The lowest BCUT2D eigenvalue weighted by atomic mass is 10.0. The summed E-state index contributed by atoms with van der Waals surface area (Å²) in [6, 6.07) is 12.4. The van der Waals surface area contributed by atoms with Crippen molar-refractivity contribution in [3.63, 3.8) is 0 Å². The van der Waals surface area contributed by atoms with Crippen molar-refractivity contribution in [2.45, 2.75) is 24.3 Å². The molecule has 0 radical (unpaired) electrons. The summed E-state index contributed by atoms with van der Waals surface area (Å²) in [7, 11) is -3.88. The van der Waals surface area contributed by atoms with Crippen molar-refractivity contribution in [3.05, 3.63) is 72.9 Å². The molecule has 0 bridgehead atoms. The highest BCUT2D eigenvalue weighted by Crippen LogP contribution is 2.33. The van der Waals surface area contributed by atoms with Crippen LogP contribution >= 0.6 is 0 Å². The van der Waals surface area contributed by atoms with Crippen LogP contribution in [0.1, 0.15) is 12.8 Å². The molecule has 160 valence electrons.